The Kier molecular flexibility index (Phi) is 5.53. The van der Waals surface area contributed by atoms with E-state index in [1.807, 2.05) is 46.9 Å². The lowest BCUT2D eigenvalue weighted by Gasteiger charge is -2.32. The summed E-state index contributed by atoms with van der Waals surface area (Å²) in [5, 5.41) is 3.14. The van der Waals surface area contributed by atoms with Gasteiger partial charge >= 0.3 is 7.12 Å². The maximum absolute atomic E-state index is 11.3. The van der Waals surface area contributed by atoms with Crippen LogP contribution in [0.25, 0.3) is 6.08 Å². The number of benzene rings is 1. The summed E-state index contributed by atoms with van der Waals surface area (Å²) in [6, 6.07) is 5.36. The number of likely N-dealkylation sites (N-methyl/N-ethyl adjacent to an activating group) is 1. The van der Waals surface area contributed by atoms with Crippen molar-refractivity contribution in [3.63, 3.8) is 0 Å². The summed E-state index contributed by atoms with van der Waals surface area (Å²) in [5.41, 5.74) is 1.48. The predicted molar refractivity (Wildman–Crippen MR) is 96.4 cm³/mol. The van der Waals surface area contributed by atoms with E-state index in [1.165, 1.54) is 0 Å². The first kappa shape index (κ1) is 18.7. The second-order valence-corrected chi connectivity index (χ2v) is 6.95. The van der Waals surface area contributed by atoms with Crippen molar-refractivity contribution in [3.8, 4) is 5.75 Å². The van der Waals surface area contributed by atoms with Gasteiger partial charge in [-0.1, -0.05) is 6.08 Å². The molecule has 1 aliphatic rings. The van der Waals surface area contributed by atoms with Gasteiger partial charge < -0.3 is 19.4 Å². The van der Waals surface area contributed by atoms with Crippen LogP contribution in [0.15, 0.2) is 23.7 Å². The number of nitrogens with one attached hydrogen (secondary N) is 1. The molecule has 0 spiro atoms. The van der Waals surface area contributed by atoms with Gasteiger partial charge in [-0.25, -0.2) is 0 Å². The Morgan fingerprint density at radius 1 is 1.21 bits per heavy atom. The van der Waals surface area contributed by atoms with Crippen molar-refractivity contribution in [2.75, 3.05) is 20.7 Å². The molecular formula is C18H26BNO4. The smallest absolute Gasteiger partial charge is 0.491 e. The van der Waals surface area contributed by atoms with Gasteiger partial charge in [-0.2, -0.15) is 0 Å². The Morgan fingerprint density at radius 2 is 1.83 bits per heavy atom. The van der Waals surface area contributed by atoms with Gasteiger partial charge in [0.2, 0.25) is 0 Å². The van der Waals surface area contributed by atoms with E-state index < -0.39 is 18.3 Å². The first-order valence-corrected chi connectivity index (χ1v) is 8.08. The van der Waals surface area contributed by atoms with Crippen molar-refractivity contribution < 1.29 is 18.8 Å². The lowest BCUT2D eigenvalue weighted by atomic mass is 9.76. The van der Waals surface area contributed by atoms with E-state index in [9.17, 15) is 4.79 Å². The topological polar surface area (TPSA) is 56.8 Å². The van der Waals surface area contributed by atoms with Crippen molar-refractivity contribution in [1.29, 1.82) is 0 Å². The van der Waals surface area contributed by atoms with Gasteiger partial charge in [-0.15, -0.1) is 0 Å². The Hall–Kier alpha value is -1.63. The lowest BCUT2D eigenvalue weighted by molar-refractivity contribution is 0.00578. The minimum absolute atomic E-state index is 0.410. The molecule has 24 heavy (non-hydrogen) atoms. The van der Waals surface area contributed by atoms with Crippen LogP contribution in [0.2, 0.25) is 0 Å². The number of hydrogen-bond donors (Lipinski definition) is 1. The van der Waals surface area contributed by atoms with Gasteiger partial charge in [0.05, 0.1) is 18.3 Å². The van der Waals surface area contributed by atoms with Gasteiger partial charge in [0.1, 0.15) is 5.75 Å². The largest absolute Gasteiger partial charge is 0.497 e. The van der Waals surface area contributed by atoms with Gasteiger partial charge in [-0.05, 0) is 64.0 Å². The van der Waals surface area contributed by atoms with Crippen molar-refractivity contribution in [2.45, 2.75) is 38.9 Å². The third kappa shape index (κ3) is 3.71. The highest BCUT2D eigenvalue weighted by atomic mass is 16.7. The highest BCUT2D eigenvalue weighted by molar-refractivity contribution is 6.56. The minimum Gasteiger partial charge on any atom is -0.497 e. The Bertz CT molecular complexity index is 624. The fourth-order valence-corrected chi connectivity index (χ4v) is 2.51. The van der Waals surface area contributed by atoms with E-state index in [4.69, 9.17) is 14.0 Å². The van der Waals surface area contributed by atoms with Crippen LogP contribution in [0.3, 0.4) is 0 Å². The van der Waals surface area contributed by atoms with Crippen LogP contribution >= 0.6 is 0 Å². The molecule has 1 aromatic rings. The number of hydrogen-bond acceptors (Lipinski definition) is 5. The highest BCUT2D eigenvalue weighted by Crippen LogP contribution is 2.38. The summed E-state index contributed by atoms with van der Waals surface area (Å²) in [6.45, 7) is 8.67. The second-order valence-electron chi connectivity index (χ2n) is 6.95. The Balaban J connectivity index is 2.41. The molecule has 0 aliphatic carbocycles. The van der Waals surface area contributed by atoms with Crippen LogP contribution in [0, 0.1) is 0 Å². The molecule has 0 amide bonds. The fourth-order valence-electron chi connectivity index (χ4n) is 2.51. The summed E-state index contributed by atoms with van der Waals surface area (Å²) in [4.78, 5) is 11.3. The molecule has 6 heteroatoms. The van der Waals surface area contributed by atoms with Gasteiger partial charge in [0.15, 0.2) is 6.29 Å². The fraction of sp³-hybridized carbons (Fsp3) is 0.500. The van der Waals surface area contributed by atoms with Gasteiger partial charge in [0, 0.05) is 12.1 Å². The number of methoxy groups -OCH3 is 1. The van der Waals surface area contributed by atoms with E-state index in [1.54, 1.807) is 19.2 Å². The molecule has 0 aromatic heterocycles. The van der Waals surface area contributed by atoms with E-state index in [0.29, 0.717) is 17.9 Å². The maximum Gasteiger partial charge on any atom is 0.491 e. The zero-order valence-corrected chi connectivity index (χ0v) is 15.3. The molecule has 1 saturated heterocycles. The quantitative estimate of drug-likeness (QED) is 0.642. The van der Waals surface area contributed by atoms with Crippen LogP contribution < -0.4 is 10.1 Å². The molecule has 1 aromatic carbocycles. The molecule has 0 atom stereocenters. The number of rotatable bonds is 6. The number of ether oxygens (including phenoxy) is 1. The lowest BCUT2D eigenvalue weighted by Crippen LogP contribution is -2.41. The van der Waals surface area contributed by atoms with Crippen molar-refractivity contribution in [3.05, 3.63) is 34.8 Å². The average Bonchev–Trinajstić information content (AvgIpc) is 2.74. The molecule has 1 fully saturated rings. The Labute approximate surface area is 144 Å². The molecule has 0 radical (unpaired) electrons. The molecule has 2 rings (SSSR count). The van der Waals surface area contributed by atoms with Crippen molar-refractivity contribution >= 4 is 19.5 Å². The van der Waals surface area contributed by atoms with Crippen LogP contribution in [0.1, 0.15) is 43.6 Å². The average molecular weight is 331 g/mol. The van der Waals surface area contributed by atoms with E-state index in [0.717, 1.165) is 17.3 Å². The number of carbonyl (C=O) groups is 1. The van der Waals surface area contributed by atoms with E-state index in [2.05, 4.69) is 5.32 Å². The molecule has 130 valence electrons. The molecule has 1 heterocycles. The Morgan fingerprint density at radius 3 is 2.33 bits per heavy atom. The first-order valence-electron chi connectivity index (χ1n) is 8.08. The predicted octanol–water partition coefficient (Wildman–Crippen LogP) is 2.74. The number of aldehydes is 1. The summed E-state index contributed by atoms with van der Waals surface area (Å²) < 4.78 is 17.5. The third-order valence-corrected chi connectivity index (χ3v) is 4.70. The molecule has 0 bridgehead atoms. The molecule has 5 nitrogen and oxygen atoms in total. The monoisotopic (exact) mass is 331 g/mol. The van der Waals surface area contributed by atoms with Crippen LogP contribution in [-0.2, 0) is 9.31 Å². The van der Waals surface area contributed by atoms with Gasteiger partial charge in [-0.3, -0.25) is 4.79 Å². The standard InChI is InChI=1S/C18H26BNO4/c1-17(2)18(3,4)24-19(23-17)15(11-20-5)9-14-10-16(22-6)8-7-13(14)12-21/h7-10,12,20H,11H2,1-6H3. The summed E-state index contributed by atoms with van der Waals surface area (Å²) in [6.07, 6.45) is 2.78. The molecule has 1 N–H and O–H groups in total. The van der Waals surface area contributed by atoms with Crippen LogP contribution in [0.4, 0.5) is 0 Å². The van der Waals surface area contributed by atoms with E-state index in [-0.39, 0.29) is 0 Å². The molecule has 0 saturated carbocycles. The molecule has 1 aliphatic heterocycles. The summed E-state index contributed by atoms with van der Waals surface area (Å²) in [7, 11) is 3.01. The van der Waals surface area contributed by atoms with Crippen molar-refractivity contribution in [2.24, 2.45) is 0 Å². The number of carbonyl (C=O) groups excluding carboxylic acids is 1. The zero-order valence-electron chi connectivity index (χ0n) is 15.3. The highest BCUT2D eigenvalue weighted by Gasteiger charge is 2.52. The van der Waals surface area contributed by atoms with Crippen LogP contribution in [0.5, 0.6) is 5.75 Å². The summed E-state index contributed by atoms with van der Waals surface area (Å²) >= 11 is 0. The third-order valence-electron chi connectivity index (χ3n) is 4.70. The first-order chi connectivity index (χ1) is 11.2. The normalized spacial score (nSPS) is 19.4. The minimum atomic E-state index is -0.465. The van der Waals surface area contributed by atoms with Crippen LogP contribution in [-0.4, -0.2) is 45.3 Å². The zero-order chi connectivity index (χ0) is 18.0. The van der Waals surface area contributed by atoms with Gasteiger partial charge in [0.25, 0.3) is 0 Å². The maximum atomic E-state index is 11.3. The van der Waals surface area contributed by atoms with Crippen molar-refractivity contribution in [1.82, 2.24) is 5.32 Å². The second kappa shape index (κ2) is 7.09. The van der Waals surface area contributed by atoms with E-state index >= 15 is 0 Å². The molecular weight excluding hydrogens is 305 g/mol. The summed E-state index contributed by atoms with van der Waals surface area (Å²) in [5.74, 6) is 0.699. The molecule has 0 unspecified atom stereocenters. The SMILES string of the molecule is CNCC(=Cc1cc(OC)ccc1C=O)B1OC(C)(C)C(C)(C)O1.